The van der Waals surface area contributed by atoms with Crippen LogP contribution >= 0.6 is 0 Å². The second-order valence-corrected chi connectivity index (χ2v) is 6.90. The van der Waals surface area contributed by atoms with Gasteiger partial charge in [-0.3, -0.25) is 0 Å². The summed E-state index contributed by atoms with van der Waals surface area (Å²) in [6.07, 6.45) is 1.55. The van der Waals surface area contributed by atoms with E-state index in [9.17, 15) is 13.2 Å². The first-order chi connectivity index (χ1) is 14.0. The highest BCUT2D eigenvalue weighted by molar-refractivity contribution is 5.57. The summed E-state index contributed by atoms with van der Waals surface area (Å²) in [7, 11) is 0. The molecule has 5 nitrogen and oxygen atoms in total. The lowest BCUT2D eigenvalue weighted by molar-refractivity contribution is 0.449. The Morgan fingerprint density at radius 2 is 1.66 bits per heavy atom. The van der Waals surface area contributed by atoms with Gasteiger partial charge in [-0.25, -0.2) is 18.2 Å². The van der Waals surface area contributed by atoms with E-state index in [1.807, 2.05) is 0 Å². The van der Waals surface area contributed by atoms with E-state index in [4.69, 9.17) is 0 Å². The molecule has 0 unspecified atom stereocenters. The van der Waals surface area contributed by atoms with E-state index in [0.29, 0.717) is 5.82 Å². The molecule has 1 N–H and O–H groups in total. The predicted octanol–water partition coefficient (Wildman–Crippen LogP) is 4.27. The summed E-state index contributed by atoms with van der Waals surface area (Å²) in [4.78, 5) is 12.9. The van der Waals surface area contributed by atoms with E-state index in [1.54, 1.807) is 12.3 Å². The quantitative estimate of drug-likeness (QED) is 0.664. The fourth-order valence-electron chi connectivity index (χ4n) is 3.35. The zero-order valence-corrected chi connectivity index (χ0v) is 15.9. The minimum absolute atomic E-state index is 0.119. The predicted molar refractivity (Wildman–Crippen MR) is 107 cm³/mol. The van der Waals surface area contributed by atoms with E-state index < -0.39 is 17.5 Å². The molecule has 8 heteroatoms. The van der Waals surface area contributed by atoms with Crippen molar-refractivity contribution < 1.29 is 13.2 Å². The molecule has 1 fully saturated rings. The summed E-state index contributed by atoms with van der Waals surface area (Å²) in [5.41, 5.74) is 2.20. The number of halogens is 3. The highest BCUT2D eigenvalue weighted by atomic mass is 19.2. The van der Waals surface area contributed by atoms with Crippen LogP contribution < -0.4 is 15.1 Å². The SMILES string of the molecule is Cc1cccc(N2CCN(c3ccnc(Nc4ccc(F)c(F)c4F)n3)CC2)c1. The van der Waals surface area contributed by atoms with Gasteiger partial charge in [-0.2, -0.15) is 4.98 Å². The standard InChI is InChI=1S/C21H20F3N5/c1-14-3-2-4-15(13-14)28-9-11-29(12-10-28)18-7-8-25-21(27-18)26-17-6-5-16(22)19(23)20(17)24/h2-8,13H,9-12H2,1H3,(H,25,26,27). The highest BCUT2D eigenvalue weighted by Crippen LogP contribution is 2.24. The lowest BCUT2D eigenvalue weighted by Gasteiger charge is -2.36. The minimum Gasteiger partial charge on any atom is -0.368 e. The summed E-state index contributed by atoms with van der Waals surface area (Å²) in [5, 5.41) is 2.62. The first-order valence-corrected chi connectivity index (χ1v) is 9.31. The van der Waals surface area contributed by atoms with Crippen molar-refractivity contribution in [3.8, 4) is 0 Å². The molecule has 150 valence electrons. The van der Waals surface area contributed by atoms with Gasteiger partial charge in [-0.05, 0) is 42.8 Å². The number of hydrogen-bond donors (Lipinski definition) is 1. The number of rotatable bonds is 4. The third kappa shape index (κ3) is 4.11. The number of anilines is 4. The first kappa shape index (κ1) is 19.0. The van der Waals surface area contributed by atoms with Crippen molar-refractivity contribution in [2.75, 3.05) is 41.3 Å². The normalized spacial score (nSPS) is 14.2. The van der Waals surface area contributed by atoms with Gasteiger partial charge in [0.25, 0.3) is 0 Å². The fraction of sp³-hybridized carbons (Fsp3) is 0.238. The van der Waals surface area contributed by atoms with Crippen LogP contribution in [0.3, 0.4) is 0 Å². The molecule has 0 saturated carbocycles. The number of hydrogen-bond acceptors (Lipinski definition) is 5. The van der Waals surface area contributed by atoms with E-state index >= 15 is 0 Å². The Labute approximate surface area is 166 Å². The summed E-state index contributed by atoms with van der Waals surface area (Å²) in [6, 6.07) is 12.1. The summed E-state index contributed by atoms with van der Waals surface area (Å²) in [5.74, 6) is -3.26. The summed E-state index contributed by atoms with van der Waals surface area (Å²) in [6.45, 7) is 5.29. The second-order valence-electron chi connectivity index (χ2n) is 6.90. The Balaban J connectivity index is 1.45. The Morgan fingerprint density at radius 3 is 2.41 bits per heavy atom. The molecule has 1 aromatic heterocycles. The highest BCUT2D eigenvalue weighted by Gasteiger charge is 2.19. The zero-order valence-electron chi connectivity index (χ0n) is 15.9. The van der Waals surface area contributed by atoms with Crippen LogP contribution in [-0.4, -0.2) is 36.1 Å². The molecule has 0 spiro atoms. The van der Waals surface area contributed by atoms with Gasteiger partial charge in [-0.15, -0.1) is 0 Å². The topological polar surface area (TPSA) is 44.3 Å². The second kappa shape index (κ2) is 7.98. The third-order valence-electron chi connectivity index (χ3n) is 4.89. The molecule has 3 aromatic rings. The lowest BCUT2D eigenvalue weighted by Crippen LogP contribution is -2.46. The fourth-order valence-corrected chi connectivity index (χ4v) is 3.35. The van der Waals surface area contributed by atoms with Gasteiger partial charge in [0, 0.05) is 38.1 Å². The van der Waals surface area contributed by atoms with Gasteiger partial charge in [0.1, 0.15) is 5.82 Å². The third-order valence-corrected chi connectivity index (χ3v) is 4.89. The molecule has 29 heavy (non-hydrogen) atoms. The Hall–Kier alpha value is -3.29. The van der Waals surface area contributed by atoms with E-state index in [2.05, 4.69) is 56.3 Å². The van der Waals surface area contributed by atoms with E-state index in [0.717, 1.165) is 38.3 Å². The zero-order chi connectivity index (χ0) is 20.4. The smallest absolute Gasteiger partial charge is 0.229 e. The van der Waals surface area contributed by atoms with Crippen molar-refractivity contribution in [2.24, 2.45) is 0 Å². The van der Waals surface area contributed by atoms with Crippen molar-refractivity contribution in [3.63, 3.8) is 0 Å². The number of nitrogens with one attached hydrogen (secondary N) is 1. The van der Waals surface area contributed by atoms with Gasteiger partial charge < -0.3 is 15.1 Å². The maximum atomic E-state index is 13.9. The average molecular weight is 399 g/mol. The van der Waals surface area contributed by atoms with Crippen molar-refractivity contribution >= 4 is 23.1 Å². The Morgan fingerprint density at radius 1 is 0.897 bits per heavy atom. The summed E-state index contributed by atoms with van der Waals surface area (Å²) < 4.78 is 40.4. The number of aryl methyl sites for hydroxylation is 1. The molecular formula is C21H20F3N5. The van der Waals surface area contributed by atoms with Crippen molar-refractivity contribution in [1.29, 1.82) is 0 Å². The molecule has 0 radical (unpaired) electrons. The van der Waals surface area contributed by atoms with Gasteiger partial charge in [0.05, 0.1) is 5.69 Å². The monoisotopic (exact) mass is 399 g/mol. The minimum atomic E-state index is -1.53. The van der Waals surface area contributed by atoms with Gasteiger partial charge in [0.15, 0.2) is 17.5 Å². The molecular weight excluding hydrogens is 379 g/mol. The molecule has 2 heterocycles. The average Bonchev–Trinajstić information content (AvgIpc) is 2.74. The molecule has 1 aliphatic rings. The van der Waals surface area contributed by atoms with Gasteiger partial charge in [-0.1, -0.05) is 12.1 Å². The van der Waals surface area contributed by atoms with Crippen molar-refractivity contribution in [2.45, 2.75) is 6.92 Å². The van der Waals surface area contributed by atoms with Crippen LogP contribution in [0.5, 0.6) is 0 Å². The molecule has 0 bridgehead atoms. The number of piperazine rings is 1. The van der Waals surface area contributed by atoms with E-state index in [1.165, 1.54) is 11.3 Å². The maximum absolute atomic E-state index is 13.9. The first-order valence-electron chi connectivity index (χ1n) is 9.31. The molecule has 0 amide bonds. The van der Waals surface area contributed by atoms with Crippen LogP contribution in [0.1, 0.15) is 5.56 Å². The van der Waals surface area contributed by atoms with Crippen molar-refractivity contribution in [3.05, 3.63) is 71.7 Å². The van der Waals surface area contributed by atoms with Crippen LogP contribution in [0, 0.1) is 24.4 Å². The Bertz CT molecular complexity index is 1020. The lowest BCUT2D eigenvalue weighted by atomic mass is 10.2. The number of aromatic nitrogens is 2. The van der Waals surface area contributed by atoms with Crippen LogP contribution in [0.15, 0.2) is 48.7 Å². The van der Waals surface area contributed by atoms with Crippen LogP contribution in [-0.2, 0) is 0 Å². The van der Waals surface area contributed by atoms with Gasteiger partial charge in [0.2, 0.25) is 5.95 Å². The van der Waals surface area contributed by atoms with Crippen LogP contribution in [0.4, 0.5) is 36.3 Å². The molecule has 0 atom stereocenters. The maximum Gasteiger partial charge on any atom is 0.229 e. The molecule has 1 saturated heterocycles. The Kier molecular flexibility index (Phi) is 5.24. The molecule has 2 aromatic carbocycles. The molecule has 4 rings (SSSR count). The molecule has 1 aliphatic heterocycles. The number of benzene rings is 2. The van der Waals surface area contributed by atoms with Crippen molar-refractivity contribution in [1.82, 2.24) is 9.97 Å². The molecule has 0 aliphatic carbocycles. The van der Waals surface area contributed by atoms with Crippen LogP contribution in [0.2, 0.25) is 0 Å². The van der Waals surface area contributed by atoms with Crippen LogP contribution in [0.25, 0.3) is 0 Å². The number of nitrogens with zero attached hydrogens (tertiary/aromatic N) is 4. The summed E-state index contributed by atoms with van der Waals surface area (Å²) >= 11 is 0. The van der Waals surface area contributed by atoms with E-state index in [-0.39, 0.29) is 11.6 Å². The largest absolute Gasteiger partial charge is 0.368 e. The van der Waals surface area contributed by atoms with Gasteiger partial charge >= 0.3 is 0 Å².